The maximum atomic E-state index is 14.4. The third-order valence-electron chi connectivity index (χ3n) is 14.1. The predicted molar refractivity (Wildman–Crippen MR) is 198 cm³/mol. The first kappa shape index (κ1) is 35.7. The van der Waals surface area contributed by atoms with Gasteiger partial charge in [0.05, 0.1) is 6.10 Å². The highest BCUT2D eigenvalue weighted by molar-refractivity contribution is 6.99. The van der Waals surface area contributed by atoms with Crippen LogP contribution in [0.25, 0.3) is 0 Å². The Morgan fingerprint density at radius 3 is 2.10 bits per heavy atom. The van der Waals surface area contributed by atoms with Crippen molar-refractivity contribution in [2.75, 3.05) is 6.61 Å². The van der Waals surface area contributed by atoms with E-state index in [0.717, 1.165) is 54.9 Å². The molecular formula is C41H60O5Si2. The van der Waals surface area contributed by atoms with Gasteiger partial charge in [-0.2, -0.15) is 0 Å². The topological polar surface area (TPSA) is 61.8 Å². The number of carbonyl (C=O) groups is 2. The van der Waals surface area contributed by atoms with E-state index < -0.39 is 22.0 Å². The molecule has 1 saturated heterocycles. The van der Waals surface area contributed by atoms with Crippen molar-refractivity contribution in [3.63, 3.8) is 0 Å². The molecule has 7 atom stereocenters. The molecule has 2 bridgehead atoms. The van der Waals surface area contributed by atoms with Crippen LogP contribution < -0.4 is 10.4 Å². The number of ketones is 1. The summed E-state index contributed by atoms with van der Waals surface area (Å²) < 4.78 is 21.1. The quantitative estimate of drug-likeness (QED) is 0.206. The van der Waals surface area contributed by atoms with Crippen LogP contribution in [0.3, 0.4) is 0 Å². The number of rotatable bonds is 8. The van der Waals surface area contributed by atoms with Gasteiger partial charge in [0.25, 0.3) is 8.32 Å². The third-order valence-corrected chi connectivity index (χ3v) is 21.4. The van der Waals surface area contributed by atoms with E-state index in [0.29, 0.717) is 18.1 Å². The zero-order valence-corrected chi connectivity index (χ0v) is 33.1. The molecule has 0 N–H and O–H groups in total. The summed E-state index contributed by atoms with van der Waals surface area (Å²) in [6.45, 7) is 20.6. The third kappa shape index (κ3) is 5.45. The first-order valence-electron chi connectivity index (χ1n) is 18.8. The maximum absolute atomic E-state index is 14.4. The highest BCUT2D eigenvalue weighted by Crippen LogP contribution is 2.71. The van der Waals surface area contributed by atoms with Gasteiger partial charge in [-0.05, 0) is 95.7 Å². The maximum Gasteiger partial charge on any atom is 0.331 e. The predicted octanol–water partition coefficient (Wildman–Crippen LogP) is 8.31. The van der Waals surface area contributed by atoms with Crippen molar-refractivity contribution in [3.8, 4) is 0 Å². The fourth-order valence-corrected chi connectivity index (χ4v) is 18.8. The number of Topliss-reactive ketones (excluding diaryl/α,β-unsaturated/α-hetero) is 1. The van der Waals surface area contributed by atoms with Crippen LogP contribution in [0.1, 0.15) is 93.4 Å². The van der Waals surface area contributed by atoms with E-state index >= 15 is 0 Å². The average Bonchev–Trinajstić information content (AvgIpc) is 3.58. The first-order chi connectivity index (χ1) is 22.6. The number of hydrogen-bond acceptors (Lipinski definition) is 5. The minimum atomic E-state index is -2.93. The van der Waals surface area contributed by atoms with Gasteiger partial charge in [0.2, 0.25) is 0 Å². The van der Waals surface area contributed by atoms with Crippen molar-refractivity contribution in [1.29, 1.82) is 0 Å². The molecule has 1 aliphatic heterocycles. The van der Waals surface area contributed by atoms with Gasteiger partial charge in [0.1, 0.15) is 18.5 Å². The molecule has 48 heavy (non-hydrogen) atoms. The highest BCUT2D eigenvalue weighted by Gasteiger charge is 2.71. The van der Waals surface area contributed by atoms with Crippen LogP contribution in [0.4, 0.5) is 0 Å². The molecule has 0 spiro atoms. The first-order valence-corrected chi connectivity index (χ1v) is 23.8. The van der Waals surface area contributed by atoms with E-state index in [9.17, 15) is 9.59 Å². The van der Waals surface area contributed by atoms with Gasteiger partial charge in [0.15, 0.2) is 8.32 Å². The van der Waals surface area contributed by atoms with Gasteiger partial charge in [-0.1, -0.05) is 109 Å². The Labute approximate surface area is 292 Å². The van der Waals surface area contributed by atoms with Gasteiger partial charge in [-0.15, -0.1) is 0 Å². The Morgan fingerprint density at radius 1 is 0.979 bits per heavy atom. The van der Waals surface area contributed by atoms with Gasteiger partial charge < -0.3 is 13.6 Å². The number of benzene rings is 2. The van der Waals surface area contributed by atoms with Crippen LogP contribution in [0, 0.1) is 34.0 Å². The number of carbonyl (C=O) groups excluding carboxylic acids is 2. The molecular weight excluding hydrogens is 629 g/mol. The second-order valence-corrected chi connectivity index (χ2v) is 26.2. The van der Waals surface area contributed by atoms with E-state index in [1.165, 1.54) is 0 Å². The molecule has 1 unspecified atom stereocenters. The molecule has 7 heteroatoms. The van der Waals surface area contributed by atoms with Crippen LogP contribution in [0.2, 0.25) is 24.2 Å². The van der Waals surface area contributed by atoms with E-state index in [4.69, 9.17) is 13.6 Å². The van der Waals surface area contributed by atoms with Gasteiger partial charge >= 0.3 is 5.97 Å². The molecule has 5 nitrogen and oxygen atoms in total. The standard InChI is InChI=1S/C41H60O5Si2/c1-10-40(11-2)26-34(39(7)29(3)22-24-41(25-23-33(42)36(39)41)32-28-47(8,9)46-37(32)40)45-35(43)27-44-48(38(4,5)6,30-18-14-12-15-19-30)31-20-16-13-17-21-31/h12-21,29,32,34,36-37H,10-11,22-28H2,1-9H3/t29-,32+,34-,36?,37+,39+,41+/m1/s1. The fourth-order valence-electron chi connectivity index (χ4n) is 11.5. The van der Waals surface area contributed by atoms with E-state index in [-0.39, 0.29) is 52.5 Å². The van der Waals surface area contributed by atoms with Crippen LogP contribution >= 0.6 is 0 Å². The van der Waals surface area contributed by atoms with Crippen LogP contribution in [0.15, 0.2) is 60.7 Å². The lowest BCUT2D eigenvalue weighted by molar-refractivity contribution is -0.208. The number of hydrogen-bond donors (Lipinski definition) is 0. The second-order valence-electron chi connectivity index (χ2n) is 17.8. The summed E-state index contributed by atoms with van der Waals surface area (Å²) in [5, 5.41) is 2.04. The molecule has 2 aromatic carbocycles. The largest absolute Gasteiger partial charge is 0.460 e. The molecule has 1 heterocycles. The Hall–Kier alpha value is -2.07. The van der Waals surface area contributed by atoms with Crippen molar-refractivity contribution in [1.82, 2.24) is 0 Å². The Kier molecular flexibility index (Phi) is 9.39. The van der Waals surface area contributed by atoms with Crippen molar-refractivity contribution in [2.24, 2.45) is 34.0 Å². The summed E-state index contributed by atoms with van der Waals surface area (Å²) >= 11 is 0. The van der Waals surface area contributed by atoms with Gasteiger partial charge in [-0.25, -0.2) is 4.79 Å². The fraction of sp³-hybridized carbons (Fsp3) is 0.659. The number of ether oxygens (including phenoxy) is 1. The lowest BCUT2D eigenvalue weighted by Gasteiger charge is -2.62. The smallest absolute Gasteiger partial charge is 0.331 e. The normalized spacial score (nSPS) is 34.1. The summed E-state index contributed by atoms with van der Waals surface area (Å²) in [6.07, 6.45) is 6.13. The van der Waals surface area contributed by atoms with Crippen molar-refractivity contribution < 1.29 is 23.2 Å². The summed E-state index contributed by atoms with van der Waals surface area (Å²) in [5.74, 6) is 0.638. The minimum Gasteiger partial charge on any atom is -0.460 e. The summed E-state index contributed by atoms with van der Waals surface area (Å²) in [5.41, 5.74) is -0.624. The lowest BCUT2D eigenvalue weighted by atomic mass is 9.43. The highest BCUT2D eigenvalue weighted by atomic mass is 28.4. The lowest BCUT2D eigenvalue weighted by Crippen LogP contribution is -2.67. The second kappa shape index (κ2) is 12.6. The molecule has 3 aliphatic carbocycles. The van der Waals surface area contributed by atoms with Crippen LogP contribution in [-0.2, 0) is 23.2 Å². The Morgan fingerprint density at radius 2 is 1.56 bits per heavy atom. The van der Waals surface area contributed by atoms with Crippen molar-refractivity contribution >= 4 is 38.8 Å². The van der Waals surface area contributed by atoms with Crippen molar-refractivity contribution in [3.05, 3.63) is 60.7 Å². The molecule has 3 saturated carbocycles. The SMILES string of the molecule is CCC1(CC)C[C@@H](OC(=O)CO[Si](c2ccccc2)(c2ccccc2)C(C)(C)C)[C@@]2(C)C3C(=O)CC[C@@]3(CC[C@H]2C)[C@H]2C[Si](C)(C)O[C@@H]21. The minimum absolute atomic E-state index is 0.0735. The van der Waals surface area contributed by atoms with Crippen molar-refractivity contribution in [2.45, 2.75) is 130 Å². The van der Waals surface area contributed by atoms with E-state index in [1.807, 2.05) is 12.1 Å². The molecule has 4 fully saturated rings. The molecule has 0 radical (unpaired) electrons. The van der Waals surface area contributed by atoms with Crippen LogP contribution in [0.5, 0.6) is 0 Å². The van der Waals surface area contributed by atoms with E-state index in [2.05, 4.69) is 110 Å². The number of fused-ring (bicyclic) bond motifs is 1. The van der Waals surface area contributed by atoms with E-state index in [1.54, 1.807) is 0 Å². The monoisotopic (exact) mass is 688 g/mol. The molecule has 4 aliphatic rings. The molecule has 262 valence electrons. The zero-order chi connectivity index (χ0) is 34.8. The van der Waals surface area contributed by atoms with Gasteiger partial charge in [-0.3, -0.25) is 4.79 Å². The summed E-state index contributed by atoms with van der Waals surface area (Å²) in [4.78, 5) is 28.6. The molecule has 0 aromatic heterocycles. The molecule has 2 aromatic rings. The van der Waals surface area contributed by atoms with Crippen LogP contribution in [-0.4, -0.2) is 47.2 Å². The molecule has 0 amide bonds. The number of esters is 1. The molecule has 6 rings (SSSR count). The zero-order valence-electron chi connectivity index (χ0n) is 31.1. The Bertz CT molecular complexity index is 1440. The summed E-state index contributed by atoms with van der Waals surface area (Å²) in [7, 11) is -4.86. The Balaban J connectivity index is 1.40. The average molecular weight is 689 g/mol. The summed E-state index contributed by atoms with van der Waals surface area (Å²) in [6, 6.07) is 22.1. The van der Waals surface area contributed by atoms with Gasteiger partial charge in [0, 0.05) is 17.8 Å².